The summed E-state index contributed by atoms with van der Waals surface area (Å²) < 4.78 is 24.0. The minimum atomic E-state index is -2.94. The molecule has 2 aliphatic rings. The lowest BCUT2D eigenvalue weighted by atomic mass is 9.88. The number of likely N-dealkylation sites (N-methyl/N-ethyl adjacent to an activating group) is 1. The van der Waals surface area contributed by atoms with E-state index < -0.39 is 9.84 Å². The van der Waals surface area contributed by atoms with Crippen LogP contribution in [-0.4, -0.2) is 74.0 Å². The normalized spacial score (nSPS) is 36.2. The fraction of sp³-hybridized carbons (Fsp3) is 1.00. The van der Waals surface area contributed by atoms with E-state index in [1.165, 1.54) is 0 Å². The van der Waals surface area contributed by atoms with Crippen molar-refractivity contribution >= 4 is 9.84 Å². The van der Waals surface area contributed by atoms with Gasteiger partial charge in [0, 0.05) is 37.3 Å². The van der Waals surface area contributed by atoms with E-state index >= 15 is 0 Å². The summed E-state index contributed by atoms with van der Waals surface area (Å²) in [5.74, 6) is 0.558. The first kappa shape index (κ1) is 15.2. The van der Waals surface area contributed by atoms with Gasteiger partial charge in [-0.2, -0.15) is 0 Å². The molecule has 5 nitrogen and oxygen atoms in total. The van der Waals surface area contributed by atoms with Gasteiger partial charge in [0.15, 0.2) is 9.84 Å². The maximum Gasteiger partial charge on any atom is 0.152 e. The SMILES string of the molecule is CN1CCN(C2(CN)CCCS(=O)(=O)C2)CC1(C)C. The monoisotopic (exact) mass is 289 g/mol. The molecule has 1 atom stereocenters. The van der Waals surface area contributed by atoms with Crippen LogP contribution in [0.3, 0.4) is 0 Å². The van der Waals surface area contributed by atoms with Gasteiger partial charge in [0.25, 0.3) is 0 Å². The number of nitrogens with two attached hydrogens (primary N) is 1. The van der Waals surface area contributed by atoms with Crippen molar-refractivity contribution in [3.63, 3.8) is 0 Å². The van der Waals surface area contributed by atoms with Crippen molar-refractivity contribution in [2.75, 3.05) is 44.7 Å². The quantitative estimate of drug-likeness (QED) is 0.770. The van der Waals surface area contributed by atoms with Gasteiger partial charge in [-0.3, -0.25) is 9.80 Å². The van der Waals surface area contributed by atoms with Gasteiger partial charge in [0.05, 0.1) is 11.5 Å². The van der Waals surface area contributed by atoms with E-state index in [2.05, 4.69) is 30.7 Å². The highest BCUT2D eigenvalue weighted by Gasteiger charge is 2.46. The van der Waals surface area contributed by atoms with E-state index in [1.807, 2.05) is 0 Å². The molecule has 2 saturated heterocycles. The zero-order chi connectivity index (χ0) is 14.3. The largest absolute Gasteiger partial charge is 0.329 e. The van der Waals surface area contributed by atoms with E-state index in [1.54, 1.807) is 0 Å². The van der Waals surface area contributed by atoms with Crippen molar-refractivity contribution in [1.82, 2.24) is 9.80 Å². The molecule has 112 valence electrons. The summed E-state index contributed by atoms with van der Waals surface area (Å²) in [6.07, 6.45) is 1.65. The average Bonchev–Trinajstić information content (AvgIpc) is 2.31. The summed E-state index contributed by atoms with van der Waals surface area (Å²) in [6.45, 7) is 7.62. The van der Waals surface area contributed by atoms with Crippen molar-refractivity contribution in [3.05, 3.63) is 0 Å². The van der Waals surface area contributed by atoms with Gasteiger partial charge >= 0.3 is 0 Å². The summed E-state index contributed by atoms with van der Waals surface area (Å²) >= 11 is 0. The summed E-state index contributed by atoms with van der Waals surface area (Å²) in [5, 5.41) is 0. The molecule has 6 heteroatoms. The molecule has 0 aromatic carbocycles. The van der Waals surface area contributed by atoms with Crippen molar-refractivity contribution in [1.29, 1.82) is 0 Å². The number of nitrogens with zero attached hydrogens (tertiary/aromatic N) is 2. The Morgan fingerprint density at radius 3 is 2.47 bits per heavy atom. The molecule has 0 bridgehead atoms. The van der Waals surface area contributed by atoms with Gasteiger partial charge in [-0.25, -0.2) is 8.42 Å². The molecule has 2 N–H and O–H groups in total. The van der Waals surface area contributed by atoms with Crippen LogP contribution in [0.4, 0.5) is 0 Å². The summed E-state index contributed by atoms with van der Waals surface area (Å²) in [7, 11) is -0.809. The summed E-state index contributed by atoms with van der Waals surface area (Å²) in [4.78, 5) is 4.68. The Bertz CT molecular complexity index is 435. The third kappa shape index (κ3) is 2.96. The first-order valence-corrected chi connectivity index (χ1v) is 8.90. The predicted octanol–water partition coefficient (Wildman–Crippen LogP) is -0.0815. The van der Waals surface area contributed by atoms with Crippen LogP contribution in [0.15, 0.2) is 0 Å². The second kappa shape index (κ2) is 4.98. The van der Waals surface area contributed by atoms with Gasteiger partial charge in [-0.1, -0.05) is 0 Å². The standard InChI is InChI=1S/C13H27N3O2S/c1-12(2)10-16(7-6-15(12)3)13(9-14)5-4-8-19(17,18)11-13/h4-11,14H2,1-3H3. The smallest absolute Gasteiger partial charge is 0.152 e. The molecule has 0 aromatic rings. The van der Waals surface area contributed by atoms with Gasteiger partial charge < -0.3 is 5.73 Å². The summed E-state index contributed by atoms with van der Waals surface area (Å²) in [5.41, 5.74) is 5.73. The first-order valence-electron chi connectivity index (χ1n) is 7.08. The highest BCUT2D eigenvalue weighted by atomic mass is 32.2. The lowest BCUT2D eigenvalue weighted by molar-refractivity contribution is -0.0184. The Balaban J connectivity index is 2.22. The third-order valence-corrected chi connectivity index (χ3v) is 6.84. The van der Waals surface area contributed by atoms with Crippen molar-refractivity contribution < 1.29 is 8.42 Å². The van der Waals surface area contributed by atoms with Gasteiger partial charge in [0.2, 0.25) is 0 Å². The lowest BCUT2D eigenvalue weighted by Crippen LogP contribution is -2.68. The fourth-order valence-electron chi connectivity index (χ4n) is 3.36. The Morgan fingerprint density at radius 1 is 1.26 bits per heavy atom. The molecule has 0 aliphatic carbocycles. The van der Waals surface area contributed by atoms with Gasteiger partial charge in [0.1, 0.15) is 0 Å². The minimum Gasteiger partial charge on any atom is -0.329 e. The molecule has 1 unspecified atom stereocenters. The number of sulfone groups is 1. The van der Waals surface area contributed by atoms with Crippen LogP contribution in [0.25, 0.3) is 0 Å². The Morgan fingerprint density at radius 2 is 1.95 bits per heavy atom. The maximum absolute atomic E-state index is 12.0. The van der Waals surface area contributed by atoms with Crippen molar-refractivity contribution in [2.24, 2.45) is 5.73 Å². The van der Waals surface area contributed by atoms with E-state index in [4.69, 9.17) is 5.73 Å². The molecule has 0 radical (unpaired) electrons. The van der Waals surface area contributed by atoms with E-state index in [-0.39, 0.29) is 16.8 Å². The highest BCUT2D eigenvalue weighted by molar-refractivity contribution is 7.91. The van der Waals surface area contributed by atoms with Crippen LogP contribution in [-0.2, 0) is 9.84 Å². The predicted molar refractivity (Wildman–Crippen MR) is 78.0 cm³/mol. The lowest BCUT2D eigenvalue weighted by Gasteiger charge is -2.53. The van der Waals surface area contributed by atoms with Crippen LogP contribution >= 0.6 is 0 Å². The van der Waals surface area contributed by atoms with Crippen molar-refractivity contribution in [3.8, 4) is 0 Å². The molecule has 0 amide bonds. The van der Waals surface area contributed by atoms with E-state index in [0.29, 0.717) is 12.3 Å². The minimum absolute atomic E-state index is 0.0711. The number of hydrogen-bond donors (Lipinski definition) is 1. The number of hydrogen-bond acceptors (Lipinski definition) is 5. The summed E-state index contributed by atoms with van der Waals surface area (Å²) in [6, 6.07) is 0. The molecule has 0 spiro atoms. The molecule has 19 heavy (non-hydrogen) atoms. The Labute approximate surface area is 117 Å². The Hall–Kier alpha value is -0.170. The fourth-order valence-corrected chi connectivity index (χ4v) is 5.35. The average molecular weight is 289 g/mol. The van der Waals surface area contributed by atoms with E-state index in [0.717, 1.165) is 32.5 Å². The van der Waals surface area contributed by atoms with E-state index in [9.17, 15) is 8.42 Å². The molecular formula is C13H27N3O2S. The van der Waals surface area contributed by atoms with Crippen LogP contribution in [0.1, 0.15) is 26.7 Å². The highest BCUT2D eigenvalue weighted by Crippen LogP contribution is 2.32. The molecule has 2 fully saturated rings. The van der Waals surface area contributed by atoms with Crippen molar-refractivity contribution in [2.45, 2.75) is 37.8 Å². The molecule has 2 aliphatic heterocycles. The topological polar surface area (TPSA) is 66.6 Å². The number of piperazine rings is 1. The van der Waals surface area contributed by atoms with Crippen LogP contribution in [0.5, 0.6) is 0 Å². The second-order valence-corrected chi connectivity index (χ2v) is 8.96. The molecule has 0 saturated carbocycles. The van der Waals surface area contributed by atoms with Crippen LogP contribution in [0, 0.1) is 0 Å². The van der Waals surface area contributed by atoms with Crippen LogP contribution in [0.2, 0.25) is 0 Å². The zero-order valence-electron chi connectivity index (χ0n) is 12.4. The van der Waals surface area contributed by atoms with Crippen LogP contribution < -0.4 is 5.73 Å². The second-order valence-electron chi connectivity index (χ2n) is 6.78. The molecule has 2 rings (SSSR count). The first-order chi connectivity index (χ1) is 8.71. The maximum atomic E-state index is 12.0. The molecule has 0 aromatic heterocycles. The Kier molecular flexibility index (Phi) is 3.99. The number of rotatable bonds is 2. The molecular weight excluding hydrogens is 262 g/mol. The molecule has 2 heterocycles. The zero-order valence-corrected chi connectivity index (χ0v) is 13.2. The van der Waals surface area contributed by atoms with Gasteiger partial charge in [-0.15, -0.1) is 0 Å². The van der Waals surface area contributed by atoms with Gasteiger partial charge in [-0.05, 0) is 33.7 Å². The third-order valence-electron chi connectivity index (χ3n) is 4.95.